The minimum atomic E-state index is -5.12. The summed E-state index contributed by atoms with van der Waals surface area (Å²) in [6.07, 6.45) is 0. The summed E-state index contributed by atoms with van der Waals surface area (Å²) in [5.74, 6) is 0. The van der Waals surface area contributed by atoms with Crippen LogP contribution < -0.4 is 0 Å². The molecule has 25 heavy (non-hydrogen) atoms. The van der Waals surface area contributed by atoms with Gasteiger partial charge in [-0.3, -0.25) is 0 Å². The van der Waals surface area contributed by atoms with Crippen molar-refractivity contribution in [2.45, 2.75) is 0 Å². The van der Waals surface area contributed by atoms with Crippen molar-refractivity contribution in [3.05, 3.63) is 0 Å². The molecule has 0 saturated carbocycles. The number of hydrogen-bond donors (Lipinski definition) is 12. The quantitative estimate of drug-likeness (QED) is 0.102. The van der Waals surface area contributed by atoms with Gasteiger partial charge in [-0.05, 0) is 0 Å². The molecule has 0 aliphatic heterocycles. The Kier molecular flexibility index (Phi) is 68.2. The van der Waals surface area contributed by atoms with Crippen LogP contribution in [0.4, 0.5) is 0 Å². The molecule has 128 valence electrons. The summed E-state index contributed by atoms with van der Waals surface area (Å²) in [6.45, 7) is 0. The van der Waals surface area contributed by atoms with Gasteiger partial charge in [-0.2, -0.15) is 0 Å². The van der Waals surface area contributed by atoms with E-state index in [9.17, 15) is 0 Å². The van der Waals surface area contributed by atoms with Crippen LogP contribution in [-0.4, -0.2) is 296 Å². The van der Waals surface area contributed by atoms with E-state index in [-0.39, 0.29) is 189 Å². The fourth-order valence-electron chi connectivity index (χ4n) is 0. The summed E-state index contributed by atoms with van der Waals surface area (Å²) in [4.78, 5) is 0. The van der Waals surface area contributed by atoms with Crippen molar-refractivity contribution in [2.75, 3.05) is 0 Å². The Hall–Kier alpha value is 7.25. The fraction of sp³-hybridized carbons (Fsp3) is 0. The first-order chi connectivity index (χ1) is 8.00. The second-order valence-electron chi connectivity index (χ2n) is 2.05. The summed E-state index contributed by atoms with van der Waals surface area (Å²) in [5.41, 5.74) is 0. The van der Waals surface area contributed by atoms with Gasteiger partial charge in [0.1, 0.15) is 0 Å². The van der Waals surface area contributed by atoms with Gasteiger partial charge < -0.3 is 0 Å². The van der Waals surface area contributed by atoms with E-state index in [1.807, 2.05) is 0 Å². The Balaban J connectivity index is -0.0000000183. The first kappa shape index (κ1) is 58.3. The standard InChI is InChI=1S/4AsH3O4.5Ca/c4*2-1(3,4)5;;;;;/h4*(H3,2,3,4,5);;;;;/q;;;;5*+2. The molecule has 0 rings (SSSR count). The van der Waals surface area contributed by atoms with Crippen LogP contribution in [-0.2, 0) is 15.0 Å². The molecular formula is H12As4Ca5O16+10. The third-order valence-corrected chi connectivity index (χ3v) is 0. The van der Waals surface area contributed by atoms with E-state index in [4.69, 9.17) is 64.1 Å². The van der Waals surface area contributed by atoms with Crippen LogP contribution in [0.15, 0.2) is 0 Å². The molecule has 0 aromatic heterocycles. The Labute approximate surface area is 302 Å². The van der Waals surface area contributed by atoms with Crippen molar-refractivity contribution in [3.63, 3.8) is 0 Å². The third-order valence-electron chi connectivity index (χ3n) is 0. The average molecular weight is 768 g/mol. The molecular weight excluding hydrogens is 756 g/mol. The van der Waals surface area contributed by atoms with E-state index < -0.39 is 58.1 Å². The second kappa shape index (κ2) is 29.3. The van der Waals surface area contributed by atoms with Crippen molar-refractivity contribution in [3.8, 4) is 0 Å². The summed E-state index contributed by atoms with van der Waals surface area (Å²) < 4.78 is 123. The molecule has 0 atom stereocenters. The van der Waals surface area contributed by atoms with Crippen LogP contribution in [0.5, 0.6) is 0 Å². The third kappa shape index (κ3) is 508. The van der Waals surface area contributed by atoms with Gasteiger partial charge >= 0.3 is 311 Å². The van der Waals surface area contributed by atoms with Crippen molar-refractivity contribution in [1.82, 2.24) is 0 Å². The van der Waals surface area contributed by atoms with Crippen LogP contribution in [0.3, 0.4) is 0 Å². The Morgan fingerprint density at radius 2 is 0.280 bits per heavy atom. The Bertz CT molecular complexity index is 297. The van der Waals surface area contributed by atoms with Gasteiger partial charge in [0, 0.05) is 0 Å². The average Bonchev–Trinajstić information content (AvgIpc) is 1.62. The molecule has 12 N–H and O–H groups in total. The van der Waals surface area contributed by atoms with Crippen molar-refractivity contribution < 1.29 is 64.1 Å². The molecule has 0 saturated heterocycles. The van der Waals surface area contributed by atoms with Crippen LogP contribution >= 0.6 is 0 Å². The number of hydrogen-bond acceptors (Lipinski definition) is 4. The van der Waals surface area contributed by atoms with Crippen molar-refractivity contribution >= 4 is 247 Å². The molecule has 0 fully saturated rings. The minimum Gasteiger partial charge on any atom is 2.00 e. The fourth-order valence-corrected chi connectivity index (χ4v) is 0. The minimum absolute atomic E-state index is 0. The maximum absolute atomic E-state index is 8.94. The zero-order valence-corrected chi connectivity index (χ0v) is 30.9. The van der Waals surface area contributed by atoms with Crippen LogP contribution in [0, 0.1) is 0 Å². The van der Waals surface area contributed by atoms with Crippen LogP contribution in [0.25, 0.3) is 0 Å². The maximum atomic E-state index is 8.94. The maximum Gasteiger partial charge on any atom is 2.00 e. The molecule has 0 aliphatic carbocycles. The topological polar surface area (TPSA) is 311 Å². The van der Waals surface area contributed by atoms with E-state index in [1.165, 1.54) is 0 Å². The molecule has 16 nitrogen and oxygen atoms in total. The number of rotatable bonds is 0. The molecule has 0 aliphatic rings. The summed E-state index contributed by atoms with van der Waals surface area (Å²) in [5, 5.41) is 0. The van der Waals surface area contributed by atoms with E-state index >= 15 is 0 Å². The molecule has 0 radical (unpaired) electrons. The monoisotopic (exact) mass is 768 g/mol. The smallest absolute Gasteiger partial charge is 2.00 e. The van der Waals surface area contributed by atoms with Gasteiger partial charge in [-0.1, -0.05) is 0 Å². The van der Waals surface area contributed by atoms with Crippen LogP contribution in [0.2, 0.25) is 0 Å². The van der Waals surface area contributed by atoms with Gasteiger partial charge in [0.2, 0.25) is 0 Å². The molecule has 25 heteroatoms. The first-order valence-corrected chi connectivity index (χ1v) is 16.3. The zero-order valence-electron chi connectivity index (χ0n) is 12.3. The van der Waals surface area contributed by atoms with Crippen molar-refractivity contribution in [1.29, 1.82) is 0 Å². The van der Waals surface area contributed by atoms with E-state index in [1.54, 1.807) is 0 Å². The predicted octanol–water partition coefficient (Wildman–Crippen LogP) is -10.6. The molecule has 0 aromatic rings. The SMILES string of the molecule is O=[As](O)(O)O.O=[As](O)(O)O.O=[As](O)(O)O.O=[As](O)(O)O.[Ca+2].[Ca+2].[Ca+2].[Ca+2].[Ca+2]. The first-order valence-electron chi connectivity index (χ1n) is 3.13. The Morgan fingerprint density at radius 3 is 0.280 bits per heavy atom. The van der Waals surface area contributed by atoms with Gasteiger partial charge in [-0.15, -0.1) is 0 Å². The Morgan fingerprint density at radius 1 is 0.280 bits per heavy atom. The molecule has 0 aromatic carbocycles. The molecule has 0 amide bonds. The molecule has 0 spiro atoms. The summed E-state index contributed by atoms with van der Waals surface area (Å²) in [7, 11) is 0. The molecule has 0 heterocycles. The summed E-state index contributed by atoms with van der Waals surface area (Å²) >= 11 is -20.5. The predicted molar refractivity (Wildman–Crippen MR) is 81.2 cm³/mol. The summed E-state index contributed by atoms with van der Waals surface area (Å²) in [6, 6.07) is 0. The zero-order chi connectivity index (χ0) is 18.0. The van der Waals surface area contributed by atoms with Gasteiger partial charge in [0.15, 0.2) is 0 Å². The van der Waals surface area contributed by atoms with Gasteiger partial charge in [0.05, 0.1) is 0 Å². The second-order valence-corrected chi connectivity index (χ2v) is 10.7. The van der Waals surface area contributed by atoms with E-state index in [0.29, 0.717) is 0 Å². The van der Waals surface area contributed by atoms with E-state index in [0.717, 1.165) is 0 Å². The molecule has 0 unspecified atom stereocenters. The molecule has 0 bridgehead atoms. The van der Waals surface area contributed by atoms with E-state index in [2.05, 4.69) is 0 Å². The van der Waals surface area contributed by atoms with Crippen LogP contribution in [0.1, 0.15) is 0 Å². The van der Waals surface area contributed by atoms with Gasteiger partial charge in [0.25, 0.3) is 0 Å². The largest absolute Gasteiger partial charge is 2.00 e. The van der Waals surface area contributed by atoms with Crippen molar-refractivity contribution in [2.24, 2.45) is 0 Å². The van der Waals surface area contributed by atoms with Gasteiger partial charge in [-0.25, -0.2) is 0 Å². The normalized spacial score (nSPS) is 9.44.